The van der Waals surface area contributed by atoms with Crippen LogP contribution in [0, 0.1) is 0 Å². The van der Waals surface area contributed by atoms with Gasteiger partial charge in [0.2, 0.25) is 0 Å². The predicted molar refractivity (Wildman–Crippen MR) is 60.0 cm³/mol. The van der Waals surface area contributed by atoms with E-state index in [1.54, 1.807) is 0 Å². The fourth-order valence-electron chi connectivity index (χ4n) is 1.22. The number of halogens is 1. The Labute approximate surface area is 92.1 Å². The Bertz CT molecular complexity index is 293. The summed E-state index contributed by atoms with van der Waals surface area (Å²) < 4.78 is 0. The van der Waals surface area contributed by atoms with Gasteiger partial charge in [-0.3, -0.25) is 4.79 Å². The minimum absolute atomic E-state index is 0.0960. The highest BCUT2D eigenvalue weighted by molar-refractivity contribution is 9.09. The molecule has 0 aliphatic heterocycles. The van der Waals surface area contributed by atoms with Crippen LogP contribution in [-0.4, -0.2) is 22.8 Å². The van der Waals surface area contributed by atoms with Crippen LogP contribution in [0.1, 0.15) is 22.3 Å². The molecule has 2 nitrogen and oxygen atoms in total. The molecule has 0 unspecified atom stereocenters. The van der Waals surface area contributed by atoms with Gasteiger partial charge < -0.3 is 5.11 Å². The van der Waals surface area contributed by atoms with E-state index in [2.05, 4.69) is 15.9 Å². The summed E-state index contributed by atoms with van der Waals surface area (Å²) >= 11 is 3.13. The van der Waals surface area contributed by atoms with Gasteiger partial charge >= 0.3 is 0 Å². The number of carbonyl (C=O) groups excluding carboxylic acids is 1. The Morgan fingerprint density at radius 2 is 1.93 bits per heavy atom. The van der Waals surface area contributed by atoms with Gasteiger partial charge in [-0.25, -0.2) is 0 Å². The van der Waals surface area contributed by atoms with Gasteiger partial charge in [-0.05, 0) is 18.4 Å². The topological polar surface area (TPSA) is 37.3 Å². The Morgan fingerprint density at radius 1 is 1.29 bits per heavy atom. The summed E-state index contributed by atoms with van der Waals surface area (Å²) in [7, 11) is 0. The number of aliphatic hydroxyl groups excluding tert-OH is 1. The lowest BCUT2D eigenvalue weighted by atomic mass is 10.1. The van der Waals surface area contributed by atoms with Crippen molar-refractivity contribution in [1.29, 1.82) is 0 Å². The molecule has 3 heteroatoms. The molecule has 76 valence electrons. The van der Waals surface area contributed by atoms with Crippen molar-refractivity contribution in [2.24, 2.45) is 0 Å². The van der Waals surface area contributed by atoms with Gasteiger partial charge in [0, 0.05) is 12.2 Å². The van der Waals surface area contributed by atoms with E-state index in [0.717, 1.165) is 24.0 Å². The standard InChI is InChI=1S/C11H13BrO2/c12-8-11(14)10-5-3-9(4-6-10)2-1-7-13/h3-6,13H,1-2,7-8H2. The third-order valence-electron chi connectivity index (χ3n) is 2.02. The van der Waals surface area contributed by atoms with Gasteiger partial charge in [-0.2, -0.15) is 0 Å². The average molecular weight is 257 g/mol. The highest BCUT2D eigenvalue weighted by atomic mass is 79.9. The average Bonchev–Trinajstić information content (AvgIpc) is 2.26. The second-order valence-corrected chi connectivity index (χ2v) is 3.64. The molecule has 0 saturated heterocycles. The summed E-state index contributed by atoms with van der Waals surface area (Å²) in [4.78, 5) is 11.3. The summed E-state index contributed by atoms with van der Waals surface area (Å²) in [6.07, 6.45) is 1.63. The molecule has 1 rings (SSSR count). The predicted octanol–water partition coefficient (Wildman–Crippen LogP) is 2.19. The first-order chi connectivity index (χ1) is 6.77. The van der Waals surface area contributed by atoms with Gasteiger partial charge in [0.1, 0.15) is 0 Å². The number of rotatable bonds is 5. The normalized spacial score (nSPS) is 10.1. The third-order valence-corrected chi connectivity index (χ3v) is 2.53. The van der Waals surface area contributed by atoms with E-state index in [9.17, 15) is 4.79 Å². The van der Waals surface area contributed by atoms with Crippen LogP contribution < -0.4 is 0 Å². The number of hydrogen-bond donors (Lipinski definition) is 1. The number of hydrogen-bond acceptors (Lipinski definition) is 2. The fraction of sp³-hybridized carbons (Fsp3) is 0.364. The Morgan fingerprint density at radius 3 is 2.43 bits per heavy atom. The zero-order valence-corrected chi connectivity index (χ0v) is 9.46. The van der Waals surface area contributed by atoms with Crippen LogP contribution in [0.25, 0.3) is 0 Å². The molecule has 0 aromatic heterocycles. The van der Waals surface area contributed by atoms with Crippen molar-refractivity contribution in [3.63, 3.8) is 0 Å². The lowest BCUT2D eigenvalue weighted by Gasteiger charge is -2.01. The quantitative estimate of drug-likeness (QED) is 0.648. The van der Waals surface area contributed by atoms with Crippen LogP contribution in [-0.2, 0) is 6.42 Å². The highest BCUT2D eigenvalue weighted by Crippen LogP contribution is 2.08. The molecule has 1 aromatic rings. The SMILES string of the molecule is O=C(CBr)c1ccc(CCCO)cc1. The van der Waals surface area contributed by atoms with Crippen molar-refractivity contribution in [2.45, 2.75) is 12.8 Å². The zero-order valence-electron chi connectivity index (χ0n) is 7.87. The van der Waals surface area contributed by atoms with Gasteiger partial charge in [0.05, 0.1) is 5.33 Å². The molecule has 0 aliphatic rings. The molecule has 0 saturated carbocycles. The van der Waals surface area contributed by atoms with Crippen molar-refractivity contribution in [3.8, 4) is 0 Å². The zero-order chi connectivity index (χ0) is 10.4. The third kappa shape index (κ3) is 3.24. The van der Waals surface area contributed by atoms with Crippen LogP contribution in [0.3, 0.4) is 0 Å². The van der Waals surface area contributed by atoms with E-state index in [1.807, 2.05) is 24.3 Å². The molecule has 1 aromatic carbocycles. The first-order valence-electron chi connectivity index (χ1n) is 4.57. The first-order valence-corrected chi connectivity index (χ1v) is 5.69. The monoisotopic (exact) mass is 256 g/mol. The van der Waals surface area contributed by atoms with Crippen molar-refractivity contribution in [1.82, 2.24) is 0 Å². The largest absolute Gasteiger partial charge is 0.396 e. The van der Waals surface area contributed by atoms with Crippen molar-refractivity contribution >= 4 is 21.7 Å². The maximum atomic E-state index is 11.3. The van der Waals surface area contributed by atoms with E-state index in [4.69, 9.17) is 5.11 Å². The van der Waals surface area contributed by atoms with E-state index >= 15 is 0 Å². The molecule has 0 atom stereocenters. The number of aliphatic hydroxyl groups is 1. The first kappa shape index (κ1) is 11.4. The van der Waals surface area contributed by atoms with Crippen molar-refractivity contribution < 1.29 is 9.90 Å². The van der Waals surface area contributed by atoms with Gasteiger partial charge in [-0.15, -0.1) is 0 Å². The molecule has 0 heterocycles. The van der Waals surface area contributed by atoms with Gasteiger partial charge in [0.15, 0.2) is 5.78 Å². The maximum absolute atomic E-state index is 11.3. The maximum Gasteiger partial charge on any atom is 0.173 e. The Kier molecular flexibility index (Phi) is 4.84. The van der Waals surface area contributed by atoms with Crippen LogP contribution in [0.5, 0.6) is 0 Å². The number of ketones is 1. The summed E-state index contributed by atoms with van der Waals surface area (Å²) in [6, 6.07) is 7.53. The van der Waals surface area contributed by atoms with Crippen LogP contribution >= 0.6 is 15.9 Å². The summed E-state index contributed by atoms with van der Waals surface area (Å²) in [5.41, 5.74) is 1.89. The van der Waals surface area contributed by atoms with Crippen LogP contribution in [0.2, 0.25) is 0 Å². The number of benzene rings is 1. The molecule has 0 amide bonds. The fourth-order valence-corrected chi connectivity index (χ4v) is 1.54. The molecule has 0 radical (unpaired) electrons. The summed E-state index contributed by atoms with van der Waals surface area (Å²) in [5, 5.41) is 9.01. The van der Waals surface area contributed by atoms with E-state index in [0.29, 0.717) is 5.33 Å². The van der Waals surface area contributed by atoms with E-state index in [1.165, 1.54) is 0 Å². The smallest absolute Gasteiger partial charge is 0.173 e. The summed E-state index contributed by atoms with van der Waals surface area (Å²) in [5.74, 6) is 0.0960. The summed E-state index contributed by atoms with van der Waals surface area (Å²) in [6.45, 7) is 0.210. The number of carbonyl (C=O) groups is 1. The minimum Gasteiger partial charge on any atom is -0.396 e. The van der Waals surface area contributed by atoms with E-state index < -0.39 is 0 Å². The molecule has 0 fully saturated rings. The molecular weight excluding hydrogens is 244 g/mol. The second kappa shape index (κ2) is 5.94. The molecule has 14 heavy (non-hydrogen) atoms. The van der Waals surface area contributed by atoms with Crippen LogP contribution in [0.15, 0.2) is 24.3 Å². The number of aryl methyl sites for hydroxylation is 1. The minimum atomic E-state index is 0.0960. The van der Waals surface area contributed by atoms with Gasteiger partial charge in [0.25, 0.3) is 0 Å². The highest BCUT2D eigenvalue weighted by Gasteiger charge is 2.02. The van der Waals surface area contributed by atoms with Crippen LogP contribution in [0.4, 0.5) is 0 Å². The molecule has 0 aliphatic carbocycles. The lowest BCUT2D eigenvalue weighted by molar-refractivity contribution is 0.102. The molecular formula is C11H13BrO2. The van der Waals surface area contributed by atoms with Gasteiger partial charge in [-0.1, -0.05) is 40.2 Å². The molecule has 0 spiro atoms. The number of alkyl halides is 1. The molecule has 1 N–H and O–H groups in total. The van der Waals surface area contributed by atoms with E-state index in [-0.39, 0.29) is 12.4 Å². The lowest BCUT2D eigenvalue weighted by Crippen LogP contribution is -1.99. The Hall–Kier alpha value is -0.670. The molecule has 0 bridgehead atoms. The van der Waals surface area contributed by atoms with Crippen molar-refractivity contribution in [2.75, 3.05) is 11.9 Å². The second-order valence-electron chi connectivity index (χ2n) is 3.08. The van der Waals surface area contributed by atoms with Crippen molar-refractivity contribution in [3.05, 3.63) is 35.4 Å². The Balaban J connectivity index is 2.63. The number of Topliss-reactive ketones (excluding diaryl/α,β-unsaturated/α-hetero) is 1.